The molecule has 0 aliphatic heterocycles. The molecular formula is C14H16Cl2N2. The highest BCUT2D eigenvalue weighted by Gasteiger charge is 2.19. The number of fused-ring (bicyclic) bond motifs is 1. The van der Waals surface area contributed by atoms with Crippen LogP contribution in [0.3, 0.4) is 0 Å². The summed E-state index contributed by atoms with van der Waals surface area (Å²) in [4.78, 5) is 4.59. The topological polar surface area (TPSA) is 17.8 Å². The number of alkyl halides is 1. The van der Waals surface area contributed by atoms with Crippen molar-refractivity contribution in [1.29, 1.82) is 0 Å². The minimum atomic E-state index is 0.457. The van der Waals surface area contributed by atoms with Crippen LogP contribution in [-0.4, -0.2) is 9.55 Å². The average molecular weight is 283 g/mol. The molecule has 0 spiro atoms. The first-order valence-electron chi connectivity index (χ1n) is 6.48. The van der Waals surface area contributed by atoms with Gasteiger partial charge in [0.25, 0.3) is 0 Å². The predicted octanol–water partition coefficient (Wildman–Crippen LogP) is 4.62. The van der Waals surface area contributed by atoms with Crippen LogP contribution in [0, 0.1) is 5.92 Å². The van der Waals surface area contributed by atoms with Crippen molar-refractivity contribution in [1.82, 2.24) is 9.55 Å². The van der Waals surface area contributed by atoms with Gasteiger partial charge in [-0.05, 0) is 37.0 Å². The first-order valence-corrected chi connectivity index (χ1v) is 7.40. The molecule has 96 valence electrons. The largest absolute Gasteiger partial charge is 0.327 e. The summed E-state index contributed by atoms with van der Waals surface area (Å²) in [7, 11) is 0. The van der Waals surface area contributed by atoms with Crippen LogP contribution in [0.2, 0.25) is 5.02 Å². The number of aromatic nitrogens is 2. The van der Waals surface area contributed by atoms with E-state index in [9.17, 15) is 0 Å². The molecule has 1 aliphatic carbocycles. The summed E-state index contributed by atoms with van der Waals surface area (Å²) < 4.78 is 2.25. The quantitative estimate of drug-likeness (QED) is 0.752. The number of halogens is 2. The summed E-state index contributed by atoms with van der Waals surface area (Å²) in [6, 6.07) is 5.85. The van der Waals surface area contributed by atoms with Crippen LogP contribution in [-0.2, 0) is 12.4 Å². The van der Waals surface area contributed by atoms with Crippen LogP contribution >= 0.6 is 23.2 Å². The second kappa shape index (κ2) is 5.10. The zero-order chi connectivity index (χ0) is 12.5. The van der Waals surface area contributed by atoms with Crippen molar-refractivity contribution in [3.8, 4) is 0 Å². The molecule has 0 radical (unpaired) electrons. The molecule has 1 aliphatic rings. The third-order valence-electron chi connectivity index (χ3n) is 3.82. The molecule has 0 amide bonds. The predicted molar refractivity (Wildman–Crippen MR) is 76.3 cm³/mol. The fourth-order valence-corrected chi connectivity index (χ4v) is 3.27. The number of hydrogen-bond donors (Lipinski definition) is 0. The van der Waals surface area contributed by atoms with E-state index >= 15 is 0 Å². The number of nitrogens with zero attached hydrogens (tertiary/aromatic N) is 2. The summed E-state index contributed by atoms with van der Waals surface area (Å²) in [5, 5.41) is 0.760. The lowest BCUT2D eigenvalue weighted by Crippen LogP contribution is -2.09. The van der Waals surface area contributed by atoms with Gasteiger partial charge in [-0.15, -0.1) is 11.6 Å². The number of rotatable bonds is 3. The summed E-state index contributed by atoms with van der Waals surface area (Å²) in [6.07, 6.45) is 5.35. The molecule has 1 heterocycles. The molecule has 0 atom stereocenters. The van der Waals surface area contributed by atoms with Crippen LogP contribution in [0.1, 0.15) is 31.5 Å². The first kappa shape index (κ1) is 12.3. The minimum absolute atomic E-state index is 0.457. The fourth-order valence-electron chi connectivity index (χ4n) is 2.90. The van der Waals surface area contributed by atoms with Crippen molar-refractivity contribution < 1.29 is 0 Å². The molecule has 1 aromatic carbocycles. The van der Waals surface area contributed by atoms with Gasteiger partial charge in [0.05, 0.1) is 16.9 Å². The van der Waals surface area contributed by atoms with Crippen molar-refractivity contribution >= 4 is 34.2 Å². The molecule has 1 saturated carbocycles. The lowest BCUT2D eigenvalue weighted by atomic mass is 10.1. The Morgan fingerprint density at radius 2 is 2.06 bits per heavy atom. The van der Waals surface area contributed by atoms with Crippen molar-refractivity contribution in [2.45, 2.75) is 38.1 Å². The Bertz CT molecular complexity index is 556. The molecule has 0 saturated heterocycles. The zero-order valence-electron chi connectivity index (χ0n) is 10.2. The van der Waals surface area contributed by atoms with Crippen molar-refractivity contribution in [3.05, 3.63) is 29.0 Å². The third kappa shape index (κ3) is 2.24. The van der Waals surface area contributed by atoms with E-state index in [4.69, 9.17) is 23.2 Å². The normalized spacial score (nSPS) is 16.8. The van der Waals surface area contributed by atoms with E-state index in [0.717, 1.165) is 34.3 Å². The van der Waals surface area contributed by atoms with E-state index in [1.54, 1.807) is 0 Å². The van der Waals surface area contributed by atoms with Gasteiger partial charge < -0.3 is 4.57 Å². The lowest BCUT2D eigenvalue weighted by Gasteiger charge is -2.13. The smallest absolute Gasteiger partial charge is 0.124 e. The van der Waals surface area contributed by atoms with E-state index in [2.05, 4.69) is 9.55 Å². The van der Waals surface area contributed by atoms with Crippen molar-refractivity contribution in [2.75, 3.05) is 0 Å². The molecule has 18 heavy (non-hydrogen) atoms. The molecule has 0 N–H and O–H groups in total. The molecule has 4 heteroatoms. The molecule has 2 nitrogen and oxygen atoms in total. The second-order valence-corrected chi connectivity index (χ2v) is 5.76. The lowest BCUT2D eigenvalue weighted by molar-refractivity contribution is 0.458. The summed E-state index contributed by atoms with van der Waals surface area (Å²) in [6.45, 7) is 1.03. The van der Waals surface area contributed by atoms with E-state index in [-0.39, 0.29) is 0 Å². The van der Waals surface area contributed by atoms with Crippen LogP contribution in [0.5, 0.6) is 0 Å². The van der Waals surface area contributed by atoms with E-state index < -0.39 is 0 Å². The van der Waals surface area contributed by atoms with Gasteiger partial charge in [0.2, 0.25) is 0 Å². The van der Waals surface area contributed by atoms with Gasteiger partial charge in [-0.25, -0.2) is 4.98 Å². The first-order chi connectivity index (χ1) is 8.78. The fraction of sp³-hybridized carbons (Fsp3) is 0.500. The highest BCUT2D eigenvalue weighted by atomic mass is 35.5. The number of benzene rings is 1. The average Bonchev–Trinajstić information content (AvgIpc) is 2.98. The molecule has 0 bridgehead atoms. The monoisotopic (exact) mass is 282 g/mol. The van der Waals surface area contributed by atoms with Crippen molar-refractivity contribution in [3.63, 3.8) is 0 Å². The molecule has 1 fully saturated rings. The molecule has 3 rings (SSSR count). The maximum Gasteiger partial charge on any atom is 0.124 e. The Kier molecular flexibility index (Phi) is 3.49. The highest BCUT2D eigenvalue weighted by Crippen LogP contribution is 2.29. The zero-order valence-corrected chi connectivity index (χ0v) is 11.7. The maximum absolute atomic E-state index is 6.09. The Balaban J connectivity index is 2.03. The van der Waals surface area contributed by atoms with E-state index in [1.165, 1.54) is 25.7 Å². The summed E-state index contributed by atoms with van der Waals surface area (Å²) in [5.74, 6) is 2.18. The van der Waals surface area contributed by atoms with Crippen molar-refractivity contribution in [2.24, 2.45) is 5.92 Å². The maximum atomic E-state index is 6.09. The Morgan fingerprint density at radius 3 is 2.78 bits per heavy atom. The standard InChI is InChI=1S/C14H16Cl2N2/c15-8-14-17-12-6-5-11(16)7-13(12)18(14)9-10-3-1-2-4-10/h5-7,10H,1-4,8-9H2. The highest BCUT2D eigenvalue weighted by molar-refractivity contribution is 6.31. The minimum Gasteiger partial charge on any atom is -0.327 e. The van der Waals surface area contributed by atoms with Gasteiger partial charge >= 0.3 is 0 Å². The van der Waals surface area contributed by atoms with Crippen LogP contribution in [0.15, 0.2) is 18.2 Å². The molecule has 2 aromatic rings. The Labute approximate surface area is 117 Å². The van der Waals surface area contributed by atoms with E-state index in [0.29, 0.717) is 5.88 Å². The SMILES string of the molecule is ClCc1nc2ccc(Cl)cc2n1CC1CCCC1. The molecule has 1 aromatic heterocycles. The molecular weight excluding hydrogens is 267 g/mol. The summed E-state index contributed by atoms with van der Waals surface area (Å²) in [5.41, 5.74) is 2.11. The Morgan fingerprint density at radius 1 is 1.28 bits per heavy atom. The van der Waals surface area contributed by atoms with Crippen LogP contribution in [0.4, 0.5) is 0 Å². The van der Waals surface area contributed by atoms with Gasteiger partial charge in [-0.1, -0.05) is 24.4 Å². The van der Waals surface area contributed by atoms with Crippen LogP contribution in [0.25, 0.3) is 11.0 Å². The van der Waals surface area contributed by atoms with Gasteiger partial charge in [-0.2, -0.15) is 0 Å². The number of hydrogen-bond acceptors (Lipinski definition) is 1. The second-order valence-electron chi connectivity index (χ2n) is 5.06. The van der Waals surface area contributed by atoms with Gasteiger partial charge in [-0.3, -0.25) is 0 Å². The molecule has 0 unspecified atom stereocenters. The van der Waals surface area contributed by atoms with Gasteiger partial charge in [0, 0.05) is 11.6 Å². The summed E-state index contributed by atoms with van der Waals surface area (Å²) >= 11 is 12.1. The van der Waals surface area contributed by atoms with Gasteiger partial charge in [0.15, 0.2) is 0 Å². The van der Waals surface area contributed by atoms with Gasteiger partial charge in [0.1, 0.15) is 5.82 Å². The third-order valence-corrected chi connectivity index (χ3v) is 4.30. The van der Waals surface area contributed by atoms with E-state index in [1.807, 2.05) is 18.2 Å². The Hall–Kier alpha value is -0.730. The number of imidazole rings is 1. The van der Waals surface area contributed by atoms with Crippen LogP contribution < -0.4 is 0 Å².